The number of fused-ring (bicyclic) bond motifs is 3. The van der Waals surface area contributed by atoms with Crippen LogP contribution in [0.1, 0.15) is 0 Å². The molecule has 8 aromatic rings. The van der Waals surface area contributed by atoms with Crippen LogP contribution in [-0.4, -0.2) is 0 Å². The van der Waals surface area contributed by atoms with Crippen LogP contribution in [-0.2, 0) is 0 Å². The molecule has 0 fully saturated rings. The van der Waals surface area contributed by atoms with E-state index >= 15 is 0 Å². The van der Waals surface area contributed by atoms with E-state index in [1.165, 1.54) is 76.8 Å². The number of rotatable bonds is 4. The summed E-state index contributed by atoms with van der Waals surface area (Å²) in [7, 11) is 0. The van der Waals surface area contributed by atoms with Gasteiger partial charge in [-0.3, -0.25) is 0 Å². The van der Waals surface area contributed by atoms with E-state index in [0.29, 0.717) is 0 Å². The molecule has 0 aliphatic heterocycles. The molecule has 0 atom stereocenters. The normalized spacial score (nSPS) is 11.3. The van der Waals surface area contributed by atoms with Crippen molar-refractivity contribution in [2.45, 2.75) is 0 Å². The van der Waals surface area contributed by atoms with Crippen LogP contribution in [0.25, 0.3) is 76.8 Å². The minimum Gasteiger partial charge on any atom is -0.0622 e. The molecule has 42 heavy (non-hydrogen) atoms. The van der Waals surface area contributed by atoms with E-state index in [4.69, 9.17) is 0 Å². The maximum absolute atomic E-state index is 2.39. The Balaban J connectivity index is 1.45. The van der Waals surface area contributed by atoms with Crippen LogP contribution >= 0.6 is 0 Å². The second kappa shape index (κ2) is 10.2. The van der Waals surface area contributed by atoms with E-state index in [0.717, 1.165) is 0 Å². The molecule has 0 radical (unpaired) electrons. The number of hydrogen-bond acceptors (Lipinski definition) is 0. The molecule has 0 nitrogen and oxygen atoms in total. The lowest BCUT2D eigenvalue weighted by atomic mass is 9.84. The second-order valence-electron chi connectivity index (χ2n) is 10.9. The van der Waals surface area contributed by atoms with Gasteiger partial charge in [-0.1, -0.05) is 158 Å². The average molecular weight is 533 g/mol. The summed E-state index contributed by atoms with van der Waals surface area (Å²) in [6, 6.07) is 61.7. The van der Waals surface area contributed by atoms with Gasteiger partial charge in [0.25, 0.3) is 0 Å². The molecule has 0 aromatic heterocycles. The Morgan fingerprint density at radius 2 is 0.762 bits per heavy atom. The molecule has 0 saturated heterocycles. The fourth-order valence-electron chi connectivity index (χ4n) is 6.53. The first-order valence-corrected chi connectivity index (χ1v) is 14.5. The molecule has 8 aromatic carbocycles. The number of benzene rings is 8. The van der Waals surface area contributed by atoms with Crippen molar-refractivity contribution in [3.05, 3.63) is 170 Å². The molecule has 0 N–H and O–H groups in total. The molecule has 0 spiro atoms. The first-order valence-electron chi connectivity index (χ1n) is 14.5. The van der Waals surface area contributed by atoms with Gasteiger partial charge in [0.05, 0.1) is 0 Å². The van der Waals surface area contributed by atoms with Crippen LogP contribution < -0.4 is 0 Å². The van der Waals surface area contributed by atoms with Gasteiger partial charge >= 0.3 is 0 Å². The van der Waals surface area contributed by atoms with E-state index < -0.39 is 0 Å². The van der Waals surface area contributed by atoms with Crippen molar-refractivity contribution >= 4 is 32.3 Å². The summed E-state index contributed by atoms with van der Waals surface area (Å²) in [6.07, 6.45) is 0. The summed E-state index contributed by atoms with van der Waals surface area (Å²) in [4.78, 5) is 0. The third kappa shape index (κ3) is 4.08. The summed E-state index contributed by atoms with van der Waals surface area (Å²) in [6.45, 7) is 0. The van der Waals surface area contributed by atoms with Gasteiger partial charge in [0.2, 0.25) is 0 Å². The highest BCUT2D eigenvalue weighted by Gasteiger charge is 2.18. The van der Waals surface area contributed by atoms with Crippen LogP contribution in [0.15, 0.2) is 170 Å². The quantitative estimate of drug-likeness (QED) is 0.198. The standard InChI is InChI=1S/C42H28/c1-3-13-29(14-4-1)32-25-26-39-40(28-32)41(31-16-5-2-6-17-31)37-22-9-10-23-38(37)42(39)34-20-11-19-33(27-34)36-24-12-18-30-15-7-8-21-35(30)36/h1-28H. The number of hydrogen-bond donors (Lipinski definition) is 0. The Bertz CT molecular complexity index is 2220. The Morgan fingerprint density at radius 1 is 0.238 bits per heavy atom. The van der Waals surface area contributed by atoms with Gasteiger partial charge in [0.15, 0.2) is 0 Å². The third-order valence-corrected chi connectivity index (χ3v) is 8.45. The highest BCUT2D eigenvalue weighted by molar-refractivity contribution is 6.22. The van der Waals surface area contributed by atoms with Crippen molar-refractivity contribution in [1.29, 1.82) is 0 Å². The van der Waals surface area contributed by atoms with Crippen molar-refractivity contribution in [2.75, 3.05) is 0 Å². The SMILES string of the molecule is c1ccc(-c2ccc3c(-c4cccc(-c5cccc6ccccc56)c4)c4ccccc4c(-c4ccccc4)c3c2)cc1. The van der Waals surface area contributed by atoms with Gasteiger partial charge < -0.3 is 0 Å². The summed E-state index contributed by atoms with van der Waals surface area (Å²) >= 11 is 0. The Kier molecular flexibility index (Phi) is 5.90. The fraction of sp³-hybridized carbons (Fsp3) is 0. The van der Waals surface area contributed by atoms with Gasteiger partial charge in [-0.2, -0.15) is 0 Å². The van der Waals surface area contributed by atoms with Gasteiger partial charge in [-0.15, -0.1) is 0 Å². The third-order valence-electron chi connectivity index (χ3n) is 8.45. The fourth-order valence-corrected chi connectivity index (χ4v) is 6.53. The lowest BCUT2D eigenvalue weighted by molar-refractivity contribution is 1.62. The molecule has 0 aliphatic carbocycles. The molecule has 0 bridgehead atoms. The van der Waals surface area contributed by atoms with Crippen LogP contribution in [0.2, 0.25) is 0 Å². The van der Waals surface area contributed by atoms with E-state index in [-0.39, 0.29) is 0 Å². The summed E-state index contributed by atoms with van der Waals surface area (Å²) in [5, 5.41) is 7.61. The van der Waals surface area contributed by atoms with E-state index in [1.807, 2.05) is 0 Å². The lowest BCUT2D eigenvalue weighted by Crippen LogP contribution is -1.92. The molecule has 0 heterocycles. The molecular weight excluding hydrogens is 504 g/mol. The molecule has 0 saturated carbocycles. The van der Waals surface area contributed by atoms with Crippen LogP contribution in [0, 0.1) is 0 Å². The zero-order chi connectivity index (χ0) is 27.9. The molecule has 0 amide bonds. The summed E-state index contributed by atoms with van der Waals surface area (Å²) in [5.74, 6) is 0. The minimum absolute atomic E-state index is 1.23. The van der Waals surface area contributed by atoms with Crippen LogP contribution in [0.5, 0.6) is 0 Å². The Morgan fingerprint density at radius 3 is 1.52 bits per heavy atom. The van der Waals surface area contributed by atoms with E-state index in [9.17, 15) is 0 Å². The van der Waals surface area contributed by atoms with Gasteiger partial charge in [-0.05, 0) is 89.0 Å². The van der Waals surface area contributed by atoms with E-state index in [2.05, 4.69) is 170 Å². The predicted molar refractivity (Wildman–Crippen MR) is 181 cm³/mol. The Hall–Kier alpha value is -5.46. The lowest BCUT2D eigenvalue weighted by Gasteiger charge is -2.19. The molecule has 0 aliphatic rings. The first-order chi connectivity index (χ1) is 20.8. The van der Waals surface area contributed by atoms with Crippen LogP contribution in [0.3, 0.4) is 0 Å². The zero-order valence-electron chi connectivity index (χ0n) is 23.2. The highest BCUT2D eigenvalue weighted by atomic mass is 14.2. The summed E-state index contributed by atoms with van der Waals surface area (Å²) < 4.78 is 0. The smallest absolute Gasteiger partial charge is 0.00261 e. The van der Waals surface area contributed by atoms with Crippen LogP contribution in [0.4, 0.5) is 0 Å². The average Bonchev–Trinajstić information content (AvgIpc) is 3.07. The molecule has 8 rings (SSSR count). The highest BCUT2D eigenvalue weighted by Crippen LogP contribution is 2.45. The Labute approximate surface area is 246 Å². The van der Waals surface area contributed by atoms with Crippen molar-refractivity contribution in [3.8, 4) is 44.5 Å². The molecule has 196 valence electrons. The van der Waals surface area contributed by atoms with Crippen molar-refractivity contribution < 1.29 is 0 Å². The monoisotopic (exact) mass is 532 g/mol. The van der Waals surface area contributed by atoms with Gasteiger partial charge in [-0.25, -0.2) is 0 Å². The van der Waals surface area contributed by atoms with Crippen molar-refractivity contribution in [1.82, 2.24) is 0 Å². The van der Waals surface area contributed by atoms with Crippen molar-refractivity contribution in [3.63, 3.8) is 0 Å². The first kappa shape index (κ1) is 24.3. The van der Waals surface area contributed by atoms with Gasteiger partial charge in [0.1, 0.15) is 0 Å². The van der Waals surface area contributed by atoms with Gasteiger partial charge in [0, 0.05) is 0 Å². The molecular formula is C42H28. The minimum atomic E-state index is 1.23. The maximum atomic E-state index is 2.39. The molecule has 0 unspecified atom stereocenters. The second-order valence-corrected chi connectivity index (χ2v) is 10.9. The zero-order valence-corrected chi connectivity index (χ0v) is 23.2. The topological polar surface area (TPSA) is 0 Å². The van der Waals surface area contributed by atoms with E-state index in [1.54, 1.807) is 0 Å². The molecule has 0 heteroatoms. The van der Waals surface area contributed by atoms with Crippen molar-refractivity contribution in [2.24, 2.45) is 0 Å². The maximum Gasteiger partial charge on any atom is -0.00261 e. The largest absolute Gasteiger partial charge is 0.0622 e. The summed E-state index contributed by atoms with van der Waals surface area (Å²) in [5.41, 5.74) is 9.98. The predicted octanol–water partition coefficient (Wildman–Crippen LogP) is 11.8.